The molecule has 4 heteroatoms. The van der Waals surface area contributed by atoms with Crippen molar-refractivity contribution in [3.63, 3.8) is 0 Å². The van der Waals surface area contributed by atoms with E-state index in [4.69, 9.17) is 4.74 Å². The van der Waals surface area contributed by atoms with Gasteiger partial charge in [0.1, 0.15) is 11.9 Å². The number of rotatable bonds is 4. The molecule has 0 aliphatic rings. The van der Waals surface area contributed by atoms with Gasteiger partial charge in [-0.25, -0.2) is 4.39 Å². The number of benzene rings is 1. The van der Waals surface area contributed by atoms with Crippen molar-refractivity contribution in [2.75, 3.05) is 7.11 Å². The van der Waals surface area contributed by atoms with Crippen LogP contribution in [0, 0.1) is 5.82 Å². The lowest BCUT2D eigenvalue weighted by atomic mass is 10.0. The van der Waals surface area contributed by atoms with E-state index in [0.717, 1.165) is 11.8 Å². The highest BCUT2D eigenvalue weighted by Crippen LogP contribution is 2.22. The van der Waals surface area contributed by atoms with Gasteiger partial charge in [-0.15, -0.1) is 0 Å². The van der Waals surface area contributed by atoms with Crippen molar-refractivity contribution < 1.29 is 14.2 Å². The molecule has 1 N–H and O–H groups in total. The molecule has 0 saturated carbocycles. The molecule has 3 nitrogen and oxygen atoms in total. The number of methoxy groups -OCH3 is 1. The first-order chi connectivity index (χ1) is 8.70. The van der Waals surface area contributed by atoms with E-state index in [1.54, 1.807) is 19.2 Å². The summed E-state index contributed by atoms with van der Waals surface area (Å²) in [7, 11) is 1.63. The van der Waals surface area contributed by atoms with E-state index < -0.39 is 11.9 Å². The molecule has 0 amide bonds. The number of halogens is 1. The van der Waals surface area contributed by atoms with Crippen LogP contribution < -0.4 is 0 Å². The number of pyridine rings is 1. The maximum Gasteiger partial charge on any atom is 0.141 e. The standard InChI is InChI=1S/C14H14FNO2/c1-18-9-10-2-4-11(5-3-10)14(17)12-6-13(15)8-16-7-12/h2-8,14,17H,9H2,1H3. The smallest absolute Gasteiger partial charge is 0.141 e. The Morgan fingerprint density at radius 2 is 1.94 bits per heavy atom. The van der Waals surface area contributed by atoms with Crippen LogP contribution in [0.3, 0.4) is 0 Å². The molecule has 0 saturated heterocycles. The lowest BCUT2D eigenvalue weighted by Gasteiger charge is -2.11. The Kier molecular flexibility index (Phi) is 4.02. The molecule has 0 aliphatic heterocycles. The minimum atomic E-state index is -0.871. The number of hydrogen-bond acceptors (Lipinski definition) is 3. The summed E-state index contributed by atoms with van der Waals surface area (Å²) in [5.41, 5.74) is 2.16. The van der Waals surface area contributed by atoms with Crippen LogP contribution in [0.25, 0.3) is 0 Å². The molecular formula is C14H14FNO2. The minimum Gasteiger partial charge on any atom is -0.384 e. The Balaban J connectivity index is 2.20. The van der Waals surface area contributed by atoms with Crippen molar-refractivity contribution >= 4 is 0 Å². The number of aromatic nitrogens is 1. The first-order valence-corrected chi connectivity index (χ1v) is 5.57. The maximum atomic E-state index is 13.0. The van der Waals surface area contributed by atoms with Crippen LogP contribution in [0.4, 0.5) is 4.39 Å². The minimum absolute atomic E-state index is 0.439. The number of hydrogen-bond donors (Lipinski definition) is 1. The first-order valence-electron chi connectivity index (χ1n) is 5.57. The Labute approximate surface area is 105 Å². The van der Waals surface area contributed by atoms with Crippen molar-refractivity contribution in [3.05, 3.63) is 65.2 Å². The summed E-state index contributed by atoms with van der Waals surface area (Å²) in [5.74, 6) is -0.456. The van der Waals surface area contributed by atoms with Crippen LogP contribution >= 0.6 is 0 Å². The van der Waals surface area contributed by atoms with E-state index >= 15 is 0 Å². The van der Waals surface area contributed by atoms with Crippen molar-refractivity contribution in [1.29, 1.82) is 0 Å². The lowest BCUT2D eigenvalue weighted by Crippen LogP contribution is -2.01. The predicted molar refractivity (Wildman–Crippen MR) is 65.4 cm³/mol. The fourth-order valence-corrected chi connectivity index (χ4v) is 1.73. The summed E-state index contributed by atoms with van der Waals surface area (Å²) in [6, 6.07) is 8.61. The molecule has 0 aliphatic carbocycles. The van der Waals surface area contributed by atoms with Crippen molar-refractivity contribution in [2.24, 2.45) is 0 Å². The van der Waals surface area contributed by atoms with Crippen molar-refractivity contribution in [2.45, 2.75) is 12.7 Å². The van der Waals surface area contributed by atoms with Gasteiger partial charge < -0.3 is 9.84 Å². The Morgan fingerprint density at radius 1 is 1.22 bits per heavy atom. The molecule has 0 bridgehead atoms. The van der Waals surface area contributed by atoms with Gasteiger partial charge in [0.2, 0.25) is 0 Å². The summed E-state index contributed by atoms with van der Waals surface area (Å²) in [6.45, 7) is 0.526. The third-order valence-corrected chi connectivity index (χ3v) is 2.65. The first kappa shape index (κ1) is 12.7. The highest BCUT2D eigenvalue weighted by Gasteiger charge is 2.11. The van der Waals surface area contributed by atoms with E-state index in [0.29, 0.717) is 17.7 Å². The summed E-state index contributed by atoms with van der Waals surface area (Å²) in [4.78, 5) is 3.72. The molecule has 2 rings (SSSR count). The topological polar surface area (TPSA) is 42.4 Å². The zero-order chi connectivity index (χ0) is 13.0. The molecule has 2 aromatic rings. The van der Waals surface area contributed by atoms with Gasteiger partial charge in [0.05, 0.1) is 12.8 Å². The van der Waals surface area contributed by atoms with Gasteiger partial charge in [0.15, 0.2) is 0 Å². The molecule has 94 valence electrons. The average Bonchev–Trinajstić information content (AvgIpc) is 2.39. The zero-order valence-electron chi connectivity index (χ0n) is 10.0. The van der Waals surface area contributed by atoms with Crippen LogP contribution in [0.2, 0.25) is 0 Å². The van der Waals surface area contributed by atoms with Gasteiger partial charge in [-0.1, -0.05) is 24.3 Å². The fraction of sp³-hybridized carbons (Fsp3) is 0.214. The van der Waals surface area contributed by atoms with Crippen LogP contribution in [-0.4, -0.2) is 17.2 Å². The normalized spacial score (nSPS) is 12.4. The second kappa shape index (κ2) is 5.71. The van der Waals surface area contributed by atoms with Crippen molar-refractivity contribution in [1.82, 2.24) is 4.98 Å². The molecule has 1 unspecified atom stereocenters. The summed E-state index contributed by atoms with van der Waals surface area (Å²) in [6.07, 6.45) is 1.69. The van der Waals surface area contributed by atoms with Gasteiger partial charge in [0.25, 0.3) is 0 Å². The lowest BCUT2D eigenvalue weighted by molar-refractivity contribution is 0.184. The highest BCUT2D eigenvalue weighted by atomic mass is 19.1. The average molecular weight is 247 g/mol. The Morgan fingerprint density at radius 3 is 2.56 bits per heavy atom. The molecule has 1 atom stereocenters. The summed E-state index contributed by atoms with van der Waals surface area (Å²) < 4.78 is 18.0. The van der Waals surface area contributed by atoms with E-state index in [9.17, 15) is 9.50 Å². The van der Waals surface area contributed by atoms with Crippen LogP contribution in [0.5, 0.6) is 0 Å². The molecular weight excluding hydrogens is 233 g/mol. The monoisotopic (exact) mass is 247 g/mol. The molecule has 1 aromatic heterocycles. The number of aliphatic hydroxyl groups excluding tert-OH is 1. The summed E-state index contributed by atoms with van der Waals surface area (Å²) in [5, 5.41) is 10.1. The van der Waals surface area contributed by atoms with Gasteiger partial charge in [-0.3, -0.25) is 4.98 Å². The van der Waals surface area contributed by atoms with E-state index in [-0.39, 0.29) is 0 Å². The highest BCUT2D eigenvalue weighted by molar-refractivity contribution is 5.30. The fourth-order valence-electron chi connectivity index (χ4n) is 1.73. The van der Waals surface area contributed by atoms with Gasteiger partial charge in [0, 0.05) is 18.9 Å². The van der Waals surface area contributed by atoms with Crippen LogP contribution in [0.15, 0.2) is 42.7 Å². The second-order valence-corrected chi connectivity index (χ2v) is 4.01. The second-order valence-electron chi connectivity index (χ2n) is 4.01. The maximum absolute atomic E-state index is 13.0. The van der Waals surface area contributed by atoms with Gasteiger partial charge in [-0.05, 0) is 17.2 Å². The molecule has 1 heterocycles. The van der Waals surface area contributed by atoms with E-state index in [1.807, 2.05) is 12.1 Å². The number of nitrogens with zero attached hydrogens (tertiary/aromatic N) is 1. The molecule has 18 heavy (non-hydrogen) atoms. The quantitative estimate of drug-likeness (QED) is 0.902. The number of aliphatic hydroxyl groups is 1. The predicted octanol–water partition coefficient (Wildman–Crippen LogP) is 2.45. The van der Waals surface area contributed by atoms with Gasteiger partial charge in [-0.2, -0.15) is 0 Å². The van der Waals surface area contributed by atoms with E-state index in [2.05, 4.69) is 4.98 Å². The molecule has 1 aromatic carbocycles. The third-order valence-electron chi connectivity index (χ3n) is 2.65. The largest absolute Gasteiger partial charge is 0.384 e. The Hall–Kier alpha value is -1.78. The third kappa shape index (κ3) is 2.91. The molecule has 0 spiro atoms. The zero-order valence-corrected chi connectivity index (χ0v) is 10.0. The SMILES string of the molecule is COCc1ccc(C(O)c2cncc(F)c2)cc1. The van der Waals surface area contributed by atoms with Crippen molar-refractivity contribution in [3.8, 4) is 0 Å². The van der Waals surface area contributed by atoms with Crippen LogP contribution in [0.1, 0.15) is 22.8 Å². The van der Waals surface area contributed by atoms with Gasteiger partial charge >= 0.3 is 0 Å². The molecule has 0 fully saturated rings. The summed E-state index contributed by atoms with van der Waals surface area (Å²) >= 11 is 0. The number of ether oxygens (including phenoxy) is 1. The Bertz CT molecular complexity index is 513. The van der Waals surface area contributed by atoms with E-state index in [1.165, 1.54) is 12.3 Å². The van der Waals surface area contributed by atoms with Crippen LogP contribution in [-0.2, 0) is 11.3 Å². The molecule has 0 radical (unpaired) electrons.